The number of aliphatic hydroxyl groups excluding tert-OH is 1. The van der Waals surface area contributed by atoms with E-state index < -0.39 is 6.10 Å². The van der Waals surface area contributed by atoms with E-state index in [0.29, 0.717) is 31.0 Å². The highest BCUT2D eigenvalue weighted by molar-refractivity contribution is 9.11. The molecule has 0 aromatic heterocycles. The molecule has 152 valence electrons. The number of methoxy groups -OCH3 is 1. The van der Waals surface area contributed by atoms with Gasteiger partial charge in [-0.3, -0.25) is 0 Å². The lowest BCUT2D eigenvalue weighted by atomic mass is 9.64. The first-order valence-electron chi connectivity index (χ1n) is 9.68. The topological polar surface area (TPSA) is 72.3 Å². The minimum absolute atomic E-state index is 0.00753. The van der Waals surface area contributed by atoms with Crippen LogP contribution in [0.3, 0.4) is 0 Å². The maximum atomic E-state index is 10.4. The zero-order valence-corrected chi connectivity index (χ0v) is 18.3. The van der Waals surface area contributed by atoms with Crippen molar-refractivity contribution in [3.63, 3.8) is 0 Å². The van der Waals surface area contributed by atoms with Gasteiger partial charge in [0.2, 0.25) is 5.76 Å². The highest BCUT2D eigenvalue weighted by Crippen LogP contribution is 2.62. The van der Waals surface area contributed by atoms with E-state index in [0.717, 1.165) is 35.9 Å². The van der Waals surface area contributed by atoms with Crippen molar-refractivity contribution in [2.24, 2.45) is 10.4 Å². The minimum atomic E-state index is -0.473. The summed E-state index contributed by atoms with van der Waals surface area (Å²) in [7, 11) is 1.57. The Kier molecular flexibility index (Phi) is 5.55. The molecule has 0 radical (unpaired) electrons. The van der Waals surface area contributed by atoms with Gasteiger partial charge in [-0.25, -0.2) is 4.99 Å². The zero-order chi connectivity index (χ0) is 19.9. The molecule has 4 aliphatic rings. The summed E-state index contributed by atoms with van der Waals surface area (Å²) in [6.07, 6.45) is 6.45. The molecule has 4 atom stereocenters. The van der Waals surface area contributed by atoms with E-state index in [2.05, 4.69) is 27.8 Å². The second-order valence-electron chi connectivity index (χ2n) is 7.61. The van der Waals surface area contributed by atoms with Crippen molar-refractivity contribution in [1.82, 2.24) is 5.32 Å². The molecule has 1 spiro atoms. The Morgan fingerprint density at radius 2 is 2.36 bits per heavy atom. The molecule has 6 nitrogen and oxygen atoms in total. The lowest BCUT2D eigenvalue weighted by Gasteiger charge is -2.41. The number of aliphatic imine (C=N–C) groups is 1. The van der Waals surface area contributed by atoms with E-state index in [9.17, 15) is 5.11 Å². The van der Waals surface area contributed by atoms with Gasteiger partial charge >= 0.3 is 0 Å². The third kappa shape index (κ3) is 3.09. The number of hydrogen-bond donors (Lipinski definition) is 2. The molecule has 8 heteroatoms. The van der Waals surface area contributed by atoms with Crippen LogP contribution < -0.4 is 5.32 Å². The Balaban J connectivity index is 1.84. The summed E-state index contributed by atoms with van der Waals surface area (Å²) in [5, 5.41) is 13.6. The van der Waals surface area contributed by atoms with Crippen LogP contribution in [0.4, 0.5) is 0 Å². The maximum Gasteiger partial charge on any atom is 0.262 e. The van der Waals surface area contributed by atoms with Gasteiger partial charge in [-0.1, -0.05) is 28.4 Å². The molecule has 0 amide bonds. The van der Waals surface area contributed by atoms with Gasteiger partial charge in [0.25, 0.3) is 11.1 Å². The van der Waals surface area contributed by atoms with E-state index >= 15 is 0 Å². The summed E-state index contributed by atoms with van der Waals surface area (Å²) in [6.45, 7) is 4.19. The second kappa shape index (κ2) is 7.80. The van der Waals surface area contributed by atoms with Crippen molar-refractivity contribution in [3.05, 3.63) is 34.2 Å². The Labute approximate surface area is 178 Å². The van der Waals surface area contributed by atoms with E-state index in [1.54, 1.807) is 13.2 Å². The Bertz CT molecular complexity index is 793. The van der Waals surface area contributed by atoms with E-state index in [-0.39, 0.29) is 22.7 Å². The van der Waals surface area contributed by atoms with Crippen molar-refractivity contribution in [1.29, 1.82) is 0 Å². The van der Waals surface area contributed by atoms with Gasteiger partial charge in [0.1, 0.15) is 11.9 Å². The van der Waals surface area contributed by atoms with Crippen LogP contribution in [0.2, 0.25) is 0 Å². The lowest BCUT2D eigenvalue weighted by molar-refractivity contribution is 0.0370. The summed E-state index contributed by atoms with van der Waals surface area (Å²) in [4.78, 5) is 4.83. The first kappa shape index (κ1) is 19.9. The fraction of sp³-hybridized carbons (Fsp3) is 0.600. The van der Waals surface area contributed by atoms with Gasteiger partial charge in [-0.15, -0.1) is 6.58 Å². The third-order valence-corrected chi connectivity index (χ3v) is 7.28. The van der Waals surface area contributed by atoms with Crippen LogP contribution in [-0.4, -0.2) is 48.1 Å². The summed E-state index contributed by atoms with van der Waals surface area (Å²) in [5.41, 5.74) is 0.832. The predicted octanol–water partition coefficient (Wildman–Crippen LogP) is 3.47. The van der Waals surface area contributed by atoms with Crippen molar-refractivity contribution >= 4 is 39.2 Å². The number of aliphatic hydroxyl groups is 1. The molecule has 0 aromatic carbocycles. The quantitative estimate of drug-likeness (QED) is 0.487. The first-order chi connectivity index (χ1) is 13.5. The highest BCUT2D eigenvalue weighted by Gasteiger charge is 2.59. The average Bonchev–Trinajstić information content (AvgIpc) is 2.98. The van der Waals surface area contributed by atoms with Gasteiger partial charge in [-0.05, 0) is 31.5 Å². The van der Waals surface area contributed by atoms with Gasteiger partial charge in [0.15, 0.2) is 0 Å². The van der Waals surface area contributed by atoms with Crippen LogP contribution in [0.5, 0.6) is 0 Å². The number of nitrogens with one attached hydrogen (secondary N) is 1. The second-order valence-corrected chi connectivity index (χ2v) is 8.77. The number of halogens is 1. The van der Waals surface area contributed by atoms with Crippen LogP contribution in [0, 0.1) is 5.41 Å². The molecule has 28 heavy (non-hydrogen) atoms. The number of thiocarbonyl (C=S) groups is 1. The summed E-state index contributed by atoms with van der Waals surface area (Å²) in [6, 6.07) is -0.194. The molecule has 0 bridgehead atoms. The standard InChI is InChI=1S/C20H25BrN2O4S/c1-3-8-22-19(28)27-16-17(21)20-7-5-4-6-14(20)26-13-10-11(24)9-12(15(13)20)23-18(16)25-2/h3,11-12,14,24H,1,4-10H2,2H3,(H,22,28)/t11-,12+,14+,20?/m1/s1. The minimum Gasteiger partial charge on any atom is -0.493 e. The Morgan fingerprint density at radius 1 is 1.54 bits per heavy atom. The number of nitrogens with zero attached hydrogens (tertiary/aromatic N) is 1. The number of hydrogen-bond acceptors (Lipinski definition) is 6. The van der Waals surface area contributed by atoms with E-state index in [4.69, 9.17) is 31.4 Å². The molecular formula is C20H25BrN2O4S. The van der Waals surface area contributed by atoms with Crippen LogP contribution in [0.15, 0.2) is 39.2 Å². The lowest BCUT2D eigenvalue weighted by Crippen LogP contribution is -2.41. The third-order valence-electron chi connectivity index (χ3n) is 5.99. The summed E-state index contributed by atoms with van der Waals surface area (Å²) < 4.78 is 18.9. The van der Waals surface area contributed by atoms with Crippen LogP contribution >= 0.6 is 28.1 Å². The van der Waals surface area contributed by atoms with Crippen LogP contribution in [0.25, 0.3) is 0 Å². The van der Waals surface area contributed by atoms with Crippen molar-refractivity contribution in [2.75, 3.05) is 13.7 Å². The smallest absolute Gasteiger partial charge is 0.262 e. The van der Waals surface area contributed by atoms with Crippen molar-refractivity contribution in [2.45, 2.75) is 56.8 Å². The maximum absolute atomic E-state index is 10.4. The van der Waals surface area contributed by atoms with Gasteiger partial charge < -0.3 is 24.6 Å². The largest absolute Gasteiger partial charge is 0.493 e. The van der Waals surface area contributed by atoms with Gasteiger partial charge in [-0.2, -0.15) is 0 Å². The number of rotatable bonds is 3. The van der Waals surface area contributed by atoms with E-state index in [1.807, 2.05) is 0 Å². The molecule has 4 rings (SSSR count). The number of ether oxygens (including phenoxy) is 3. The average molecular weight is 469 g/mol. The fourth-order valence-corrected chi connectivity index (χ4v) is 5.99. The molecule has 2 aliphatic heterocycles. The molecule has 1 saturated carbocycles. The van der Waals surface area contributed by atoms with Gasteiger partial charge in [0, 0.05) is 25.0 Å². The molecule has 2 heterocycles. The normalized spacial score (nSPS) is 33.8. The van der Waals surface area contributed by atoms with Crippen molar-refractivity contribution < 1.29 is 19.3 Å². The van der Waals surface area contributed by atoms with Crippen molar-refractivity contribution in [3.8, 4) is 0 Å². The molecule has 1 unspecified atom stereocenters. The molecule has 1 fully saturated rings. The summed E-state index contributed by atoms with van der Waals surface area (Å²) in [5.74, 6) is 1.76. The Morgan fingerprint density at radius 3 is 3.11 bits per heavy atom. The molecule has 0 aromatic rings. The summed E-state index contributed by atoms with van der Waals surface area (Å²) >= 11 is 9.20. The zero-order valence-electron chi connectivity index (χ0n) is 15.9. The Hall–Kier alpha value is -1.38. The fourth-order valence-electron chi connectivity index (χ4n) is 4.91. The predicted molar refractivity (Wildman–Crippen MR) is 114 cm³/mol. The first-order valence-corrected chi connectivity index (χ1v) is 10.9. The molecule has 2 aliphatic carbocycles. The highest BCUT2D eigenvalue weighted by atomic mass is 79.9. The van der Waals surface area contributed by atoms with Crippen LogP contribution in [-0.2, 0) is 14.2 Å². The molecule has 0 saturated heterocycles. The van der Waals surface area contributed by atoms with E-state index in [1.165, 1.54) is 5.57 Å². The van der Waals surface area contributed by atoms with Gasteiger partial charge in [0.05, 0.1) is 29.2 Å². The van der Waals surface area contributed by atoms with Crippen LogP contribution in [0.1, 0.15) is 38.5 Å². The monoisotopic (exact) mass is 468 g/mol. The SMILES string of the molecule is C=CCNC(=S)OC1=C(Br)C23CCCC[C@@H]2OC2=C3[C@H](C[C@@H](O)C2)N=C1OC. The molecule has 2 N–H and O–H groups in total. The molecular weight excluding hydrogens is 444 g/mol.